The van der Waals surface area contributed by atoms with Crippen LogP contribution in [0.3, 0.4) is 0 Å². The van der Waals surface area contributed by atoms with Gasteiger partial charge in [0, 0.05) is 24.7 Å². The number of fused-ring (bicyclic) bond motifs is 1. The second-order valence-electron chi connectivity index (χ2n) is 5.49. The van der Waals surface area contributed by atoms with E-state index in [1.54, 1.807) is 0 Å². The first-order chi connectivity index (χ1) is 9.24. The van der Waals surface area contributed by atoms with Crippen molar-refractivity contribution in [3.63, 3.8) is 0 Å². The predicted molar refractivity (Wildman–Crippen MR) is 78.1 cm³/mol. The fraction of sp³-hybridized carbons (Fsp3) is 0.692. The van der Waals surface area contributed by atoms with Crippen LogP contribution >= 0.6 is 12.2 Å². The maximum Gasteiger partial charge on any atom is 0.269 e. The van der Waals surface area contributed by atoms with Crippen molar-refractivity contribution in [2.75, 3.05) is 6.54 Å². The van der Waals surface area contributed by atoms with Gasteiger partial charge in [0.2, 0.25) is 0 Å². The lowest BCUT2D eigenvalue weighted by molar-refractivity contribution is 0.356. The molecule has 19 heavy (non-hydrogen) atoms. The molecule has 3 N–H and O–H groups in total. The largest absolute Gasteiger partial charge is 0.360 e. The van der Waals surface area contributed by atoms with Crippen LogP contribution in [0, 0.1) is 0 Å². The van der Waals surface area contributed by atoms with Gasteiger partial charge >= 0.3 is 0 Å². The van der Waals surface area contributed by atoms with E-state index in [4.69, 9.17) is 12.2 Å². The van der Waals surface area contributed by atoms with Crippen LogP contribution in [0.2, 0.25) is 0 Å². The number of thiocarbonyl (C=S) groups is 1. The Bertz CT molecular complexity index is 515. The van der Waals surface area contributed by atoms with Gasteiger partial charge in [-0.3, -0.25) is 9.89 Å². The number of H-pyrrole nitrogens is 2. The SMILES string of the molecule is O=c1[nH][nH]c2c1CN(C(=S)NC1CCCCC1)CC2. The van der Waals surface area contributed by atoms with E-state index in [1.807, 2.05) is 0 Å². The Morgan fingerprint density at radius 1 is 1.26 bits per heavy atom. The van der Waals surface area contributed by atoms with E-state index in [9.17, 15) is 4.79 Å². The molecule has 0 aromatic carbocycles. The fourth-order valence-corrected chi connectivity index (χ4v) is 3.33. The third kappa shape index (κ3) is 2.68. The molecule has 0 radical (unpaired) electrons. The zero-order valence-electron chi connectivity index (χ0n) is 11.0. The molecule has 5 nitrogen and oxygen atoms in total. The molecule has 1 aliphatic heterocycles. The van der Waals surface area contributed by atoms with Crippen molar-refractivity contribution < 1.29 is 0 Å². The summed E-state index contributed by atoms with van der Waals surface area (Å²) in [6.45, 7) is 1.49. The van der Waals surface area contributed by atoms with Gasteiger partial charge in [0.1, 0.15) is 0 Å². The van der Waals surface area contributed by atoms with Crippen molar-refractivity contribution in [3.8, 4) is 0 Å². The molecule has 1 fully saturated rings. The summed E-state index contributed by atoms with van der Waals surface area (Å²) in [5.41, 5.74) is 1.85. The van der Waals surface area contributed by atoms with Crippen molar-refractivity contribution in [1.29, 1.82) is 0 Å². The standard InChI is InChI=1S/C13H20N4OS/c18-12-10-8-17(7-6-11(10)15-16-12)13(19)14-9-4-2-1-3-5-9/h9H,1-8H2,(H,14,19)(H2,15,16,18). The van der Waals surface area contributed by atoms with E-state index in [1.165, 1.54) is 32.1 Å². The summed E-state index contributed by atoms with van der Waals surface area (Å²) in [4.78, 5) is 13.8. The topological polar surface area (TPSA) is 63.9 Å². The number of aromatic amines is 2. The first kappa shape index (κ1) is 12.7. The molecule has 2 heterocycles. The first-order valence-electron chi connectivity index (χ1n) is 7.08. The van der Waals surface area contributed by atoms with Crippen LogP contribution in [0.1, 0.15) is 43.4 Å². The second-order valence-corrected chi connectivity index (χ2v) is 5.88. The summed E-state index contributed by atoms with van der Waals surface area (Å²) >= 11 is 5.49. The second kappa shape index (κ2) is 5.36. The van der Waals surface area contributed by atoms with Gasteiger partial charge in [0.25, 0.3) is 5.56 Å². The number of nitrogens with one attached hydrogen (secondary N) is 3. The van der Waals surface area contributed by atoms with Gasteiger partial charge in [-0.1, -0.05) is 19.3 Å². The molecular weight excluding hydrogens is 260 g/mol. The molecule has 1 aromatic heterocycles. The third-order valence-electron chi connectivity index (χ3n) is 4.17. The molecule has 104 valence electrons. The molecule has 1 aliphatic carbocycles. The molecule has 0 saturated heterocycles. The van der Waals surface area contributed by atoms with E-state index >= 15 is 0 Å². The Labute approximate surface area is 117 Å². The minimum atomic E-state index is -0.0137. The number of hydrogen-bond donors (Lipinski definition) is 3. The quantitative estimate of drug-likeness (QED) is 0.678. The normalized spacial score (nSPS) is 20.1. The van der Waals surface area contributed by atoms with Gasteiger partial charge in [-0.15, -0.1) is 0 Å². The zero-order valence-corrected chi connectivity index (χ0v) is 11.8. The molecule has 3 rings (SSSR count). The van der Waals surface area contributed by atoms with Crippen molar-refractivity contribution in [2.24, 2.45) is 0 Å². The van der Waals surface area contributed by atoms with E-state index in [0.29, 0.717) is 12.6 Å². The minimum Gasteiger partial charge on any atom is -0.360 e. The minimum absolute atomic E-state index is 0.0137. The van der Waals surface area contributed by atoms with E-state index in [-0.39, 0.29) is 5.56 Å². The summed E-state index contributed by atoms with van der Waals surface area (Å²) in [6, 6.07) is 0.521. The highest BCUT2D eigenvalue weighted by Crippen LogP contribution is 2.19. The summed E-state index contributed by atoms with van der Waals surface area (Å²) in [6.07, 6.45) is 7.20. The predicted octanol–water partition coefficient (Wildman–Crippen LogP) is 1.27. The highest BCUT2D eigenvalue weighted by Gasteiger charge is 2.23. The van der Waals surface area contributed by atoms with E-state index in [2.05, 4.69) is 20.4 Å². The summed E-state index contributed by atoms with van der Waals surface area (Å²) in [5, 5.41) is 9.86. The van der Waals surface area contributed by atoms with Crippen molar-refractivity contribution in [3.05, 3.63) is 21.6 Å². The summed E-state index contributed by atoms with van der Waals surface area (Å²) in [7, 11) is 0. The molecule has 6 heteroatoms. The molecule has 2 aliphatic rings. The van der Waals surface area contributed by atoms with Crippen LogP contribution in [0.25, 0.3) is 0 Å². The Morgan fingerprint density at radius 2 is 2.05 bits per heavy atom. The Hall–Kier alpha value is -1.30. The fourth-order valence-electron chi connectivity index (χ4n) is 3.00. The molecule has 1 aromatic rings. The van der Waals surface area contributed by atoms with Crippen LogP contribution in [-0.2, 0) is 13.0 Å². The molecule has 0 amide bonds. The Kier molecular flexibility index (Phi) is 3.59. The van der Waals surface area contributed by atoms with Gasteiger partial charge < -0.3 is 15.3 Å². The molecular formula is C13H20N4OS. The maximum atomic E-state index is 11.6. The average molecular weight is 280 g/mol. The highest BCUT2D eigenvalue weighted by atomic mass is 32.1. The zero-order chi connectivity index (χ0) is 13.2. The number of aromatic nitrogens is 2. The van der Waals surface area contributed by atoms with Gasteiger partial charge in [0.15, 0.2) is 5.11 Å². The summed E-state index contributed by atoms with van der Waals surface area (Å²) in [5.74, 6) is 0. The van der Waals surface area contributed by atoms with Crippen LogP contribution < -0.4 is 10.9 Å². The number of hydrogen-bond acceptors (Lipinski definition) is 2. The van der Waals surface area contributed by atoms with Crippen molar-refractivity contribution in [1.82, 2.24) is 20.4 Å². The van der Waals surface area contributed by atoms with Crippen LogP contribution in [0.5, 0.6) is 0 Å². The molecule has 0 atom stereocenters. The van der Waals surface area contributed by atoms with E-state index in [0.717, 1.165) is 29.3 Å². The van der Waals surface area contributed by atoms with E-state index < -0.39 is 0 Å². The van der Waals surface area contributed by atoms with Crippen LogP contribution in [-0.4, -0.2) is 32.8 Å². The first-order valence-corrected chi connectivity index (χ1v) is 7.48. The van der Waals surface area contributed by atoms with Gasteiger partial charge in [-0.25, -0.2) is 0 Å². The van der Waals surface area contributed by atoms with Gasteiger partial charge in [0.05, 0.1) is 12.1 Å². The monoisotopic (exact) mass is 280 g/mol. The Balaban J connectivity index is 1.62. The van der Waals surface area contributed by atoms with Crippen molar-refractivity contribution in [2.45, 2.75) is 51.1 Å². The molecule has 0 unspecified atom stereocenters. The molecule has 0 spiro atoms. The lowest BCUT2D eigenvalue weighted by Gasteiger charge is -2.32. The highest BCUT2D eigenvalue weighted by molar-refractivity contribution is 7.80. The third-order valence-corrected chi connectivity index (χ3v) is 4.54. The summed E-state index contributed by atoms with van der Waals surface area (Å²) < 4.78 is 0. The molecule has 1 saturated carbocycles. The smallest absolute Gasteiger partial charge is 0.269 e. The van der Waals surface area contributed by atoms with Crippen LogP contribution in [0.4, 0.5) is 0 Å². The van der Waals surface area contributed by atoms with Gasteiger partial charge in [-0.2, -0.15) is 0 Å². The lowest BCUT2D eigenvalue weighted by Crippen LogP contribution is -2.47. The lowest BCUT2D eigenvalue weighted by atomic mass is 9.96. The van der Waals surface area contributed by atoms with Crippen LogP contribution in [0.15, 0.2) is 4.79 Å². The Morgan fingerprint density at radius 3 is 2.84 bits per heavy atom. The van der Waals surface area contributed by atoms with Crippen molar-refractivity contribution >= 4 is 17.3 Å². The number of nitrogens with zero attached hydrogens (tertiary/aromatic N) is 1. The van der Waals surface area contributed by atoms with Gasteiger partial charge in [-0.05, 0) is 25.1 Å². The number of rotatable bonds is 1. The maximum absolute atomic E-state index is 11.6. The molecule has 0 bridgehead atoms. The average Bonchev–Trinajstić information content (AvgIpc) is 2.81.